The zero-order valence-electron chi connectivity index (χ0n) is 11.8. The van der Waals surface area contributed by atoms with Gasteiger partial charge in [0.2, 0.25) is 0 Å². The van der Waals surface area contributed by atoms with Gasteiger partial charge in [0.05, 0.1) is 24.6 Å². The first-order valence-electron chi connectivity index (χ1n) is 6.89. The summed E-state index contributed by atoms with van der Waals surface area (Å²) in [6.45, 7) is 3.39. The molecule has 3 rings (SSSR count). The van der Waals surface area contributed by atoms with Crippen LogP contribution in [0.4, 0.5) is 5.82 Å². The van der Waals surface area contributed by atoms with Crippen LogP contribution in [0.1, 0.15) is 15.5 Å². The Bertz CT molecular complexity index is 658. The van der Waals surface area contributed by atoms with Gasteiger partial charge in [-0.2, -0.15) is 0 Å². The highest BCUT2D eigenvalue weighted by Gasteiger charge is 2.14. The molecular weight excluding hydrogens is 368 g/mol. The molecule has 8 heteroatoms. The molecule has 2 aromatic rings. The normalized spacial score (nSPS) is 14.9. The highest BCUT2D eigenvalue weighted by atomic mass is 79.9. The number of nitrogens with one attached hydrogen (secondary N) is 1. The van der Waals surface area contributed by atoms with Gasteiger partial charge >= 0.3 is 0 Å². The Morgan fingerprint density at radius 3 is 3.00 bits per heavy atom. The number of rotatable bonds is 4. The highest BCUT2D eigenvalue weighted by molar-refractivity contribution is 9.10. The fourth-order valence-electron chi connectivity index (χ4n) is 2.12. The highest BCUT2D eigenvalue weighted by Crippen LogP contribution is 2.19. The van der Waals surface area contributed by atoms with Crippen LogP contribution in [-0.4, -0.2) is 42.2 Å². The van der Waals surface area contributed by atoms with E-state index in [1.807, 2.05) is 11.4 Å². The van der Waals surface area contributed by atoms with E-state index in [-0.39, 0.29) is 5.91 Å². The largest absolute Gasteiger partial charge is 0.378 e. The minimum Gasteiger partial charge on any atom is -0.378 e. The van der Waals surface area contributed by atoms with E-state index in [9.17, 15) is 4.79 Å². The second-order valence-corrected chi connectivity index (χ2v) is 6.57. The van der Waals surface area contributed by atoms with Gasteiger partial charge in [0.15, 0.2) is 0 Å². The van der Waals surface area contributed by atoms with Crippen LogP contribution >= 0.6 is 27.3 Å². The van der Waals surface area contributed by atoms with Crippen LogP contribution in [0.3, 0.4) is 0 Å². The van der Waals surface area contributed by atoms with Crippen molar-refractivity contribution in [3.8, 4) is 0 Å². The van der Waals surface area contributed by atoms with E-state index in [2.05, 4.69) is 36.1 Å². The summed E-state index contributed by atoms with van der Waals surface area (Å²) < 4.78 is 6.25. The lowest BCUT2D eigenvalue weighted by atomic mass is 10.4. The Labute approximate surface area is 140 Å². The first kappa shape index (κ1) is 15.4. The van der Waals surface area contributed by atoms with Crippen molar-refractivity contribution in [1.29, 1.82) is 0 Å². The SMILES string of the molecule is O=C(NCc1nccc(N2CCOCC2)n1)c1cc(Br)cs1. The number of nitrogens with zero attached hydrogens (tertiary/aromatic N) is 3. The number of aromatic nitrogens is 2. The number of carbonyl (C=O) groups excluding carboxylic acids is 1. The average Bonchev–Trinajstić information content (AvgIpc) is 3.00. The number of anilines is 1. The summed E-state index contributed by atoms with van der Waals surface area (Å²) in [7, 11) is 0. The fourth-order valence-corrected chi connectivity index (χ4v) is 3.46. The van der Waals surface area contributed by atoms with Crippen LogP contribution in [0.2, 0.25) is 0 Å². The lowest BCUT2D eigenvalue weighted by molar-refractivity contribution is 0.0954. The Hall–Kier alpha value is -1.51. The molecule has 0 spiro atoms. The van der Waals surface area contributed by atoms with E-state index in [0.717, 1.165) is 23.4 Å². The molecule has 1 fully saturated rings. The summed E-state index contributed by atoms with van der Waals surface area (Å²) in [5.41, 5.74) is 0. The molecule has 6 nitrogen and oxygen atoms in total. The van der Waals surface area contributed by atoms with Gasteiger partial charge in [-0.15, -0.1) is 11.3 Å². The topological polar surface area (TPSA) is 67.4 Å². The van der Waals surface area contributed by atoms with Gasteiger partial charge < -0.3 is 15.0 Å². The standard InChI is InChI=1S/C14H15BrN4O2S/c15-10-7-11(22-9-10)14(20)17-8-12-16-2-1-13(18-12)19-3-5-21-6-4-19/h1-2,7,9H,3-6,8H2,(H,17,20). The van der Waals surface area contributed by atoms with Crippen LogP contribution < -0.4 is 10.2 Å². The van der Waals surface area contributed by atoms with Crippen LogP contribution in [0, 0.1) is 0 Å². The first-order valence-corrected chi connectivity index (χ1v) is 8.56. The first-order chi connectivity index (χ1) is 10.7. The summed E-state index contributed by atoms with van der Waals surface area (Å²) >= 11 is 4.74. The van der Waals surface area contributed by atoms with Crippen LogP contribution in [0.25, 0.3) is 0 Å². The van der Waals surface area contributed by atoms with Gasteiger partial charge in [-0.05, 0) is 28.1 Å². The maximum Gasteiger partial charge on any atom is 0.261 e. The van der Waals surface area contributed by atoms with E-state index < -0.39 is 0 Å². The Balaban J connectivity index is 1.61. The zero-order valence-corrected chi connectivity index (χ0v) is 14.2. The zero-order chi connectivity index (χ0) is 15.4. The van der Waals surface area contributed by atoms with Gasteiger partial charge in [0, 0.05) is 29.1 Å². The summed E-state index contributed by atoms with van der Waals surface area (Å²) in [6, 6.07) is 3.68. The predicted octanol–water partition coefficient (Wildman–Crippen LogP) is 2.07. The van der Waals surface area contributed by atoms with E-state index >= 15 is 0 Å². The minimum absolute atomic E-state index is 0.115. The summed E-state index contributed by atoms with van der Waals surface area (Å²) in [6.07, 6.45) is 1.72. The van der Waals surface area contributed by atoms with Crippen LogP contribution in [0.5, 0.6) is 0 Å². The number of carbonyl (C=O) groups is 1. The van der Waals surface area contributed by atoms with E-state index in [4.69, 9.17) is 4.74 Å². The molecule has 1 saturated heterocycles. The Morgan fingerprint density at radius 1 is 1.45 bits per heavy atom. The quantitative estimate of drug-likeness (QED) is 0.876. The lowest BCUT2D eigenvalue weighted by Crippen LogP contribution is -2.37. The minimum atomic E-state index is -0.115. The molecule has 0 bridgehead atoms. The molecule has 1 aliphatic rings. The average molecular weight is 383 g/mol. The monoisotopic (exact) mass is 382 g/mol. The third kappa shape index (κ3) is 3.82. The van der Waals surface area contributed by atoms with Crippen molar-refractivity contribution in [2.75, 3.05) is 31.2 Å². The van der Waals surface area contributed by atoms with E-state index in [1.54, 1.807) is 12.3 Å². The molecular formula is C14H15BrN4O2S. The molecule has 22 heavy (non-hydrogen) atoms. The number of thiophene rings is 1. The maximum atomic E-state index is 12.0. The molecule has 1 aliphatic heterocycles. The second-order valence-electron chi connectivity index (χ2n) is 4.74. The van der Waals surface area contributed by atoms with Gasteiger partial charge in [-0.1, -0.05) is 0 Å². The molecule has 3 heterocycles. The summed E-state index contributed by atoms with van der Waals surface area (Å²) in [5, 5.41) is 4.72. The van der Waals surface area contributed by atoms with Crippen molar-refractivity contribution in [3.05, 3.63) is 38.9 Å². The molecule has 2 aromatic heterocycles. The van der Waals surface area contributed by atoms with Crippen molar-refractivity contribution >= 4 is 39.0 Å². The Morgan fingerprint density at radius 2 is 2.27 bits per heavy atom. The third-order valence-corrected chi connectivity index (χ3v) is 4.91. The molecule has 0 unspecified atom stereocenters. The number of hydrogen-bond donors (Lipinski definition) is 1. The van der Waals surface area contributed by atoms with Crippen molar-refractivity contribution in [2.24, 2.45) is 0 Å². The molecule has 1 amide bonds. The van der Waals surface area contributed by atoms with Crippen LogP contribution in [-0.2, 0) is 11.3 Å². The van der Waals surface area contributed by atoms with Crippen molar-refractivity contribution in [2.45, 2.75) is 6.54 Å². The second kappa shape index (κ2) is 7.17. The van der Waals surface area contributed by atoms with Crippen molar-refractivity contribution in [3.63, 3.8) is 0 Å². The smallest absolute Gasteiger partial charge is 0.261 e. The summed E-state index contributed by atoms with van der Waals surface area (Å²) in [5.74, 6) is 1.37. The number of halogens is 1. The maximum absolute atomic E-state index is 12.0. The molecule has 1 N–H and O–H groups in total. The summed E-state index contributed by atoms with van der Waals surface area (Å²) in [4.78, 5) is 23.6. The number of ether oxygens (including phenoxy) is 1. The molecule has 0 aromatic carbocycles. The third-order valence-electron chi connectivity index (χ3n) is 3.22. The predicted molar refractivity (Wildman–Crippen MR) is 88.3 cm³/mol. The molecule has 116 valence electrons. The van der Waals surface area contributed by atoms with Gasteiger partial charge in [-0.25, -0.2) is 9.97 Å². The Kier molecular flexibility index (Phi) is 5.01. The van der Waals surface area contributed by atoms with Gasteiger partial charge in [0.25, 0.3) is 5.91 Å². The van der Waals surface area contributed by atoms with Crippen molar-refractivity contribution in [1.82, 2.24) is 15.3 Å². The van der Waals surface area contributed by atoms with E-state index in [0.29, 0.717) is 30.5 Å². The number of amides is 1. The molecule has 0 atom stereocenters. The number of hydrogen-bond acceptors (Lipinski definition) is 6. The van der Waals surface area contributed by atoms with Crippen molar-refractivity contribution < 1.29 is 9.53 Å². The molecule has 0 saturated carbocycles. The van der Waals surface area contributed by atoms with E-state index in [1.165, 1.54) is 11.3 Å². The van der Waals surface area contributed by atoms with Crippen LogP contribution in [0.15, 0.2) is 28.2 Å². The fraction of sp³-hybridized carbons (Fsp3) is 0.357. The molecule has 0 aliphatic carbocycles. The number of morpholine rings is 1. The van der Waals surface area contributed by atoms with Gasteiger partial charge in [0.1, 0.15) is 11.6 Å². The molecule has 0 radical (unpaired) electrons. The van der Waals surface area contributed by atoms with Gasteiger partial charge in [-0.3, -0.25) is 4.79 Å². The lowest BCUT2D eigenvalue weighted by Gasteiger charge is -2.27.